The Labute approximate surface area is 195 Å². The zero-order valence-electron chi connectivity index (χ0n) is 17.8. The number of aryl methyl sites for hydroxylation is 2. The van der Waals surface area contributed by atoms with Gasteiger partial charge in [-0.1, -0.05) is 41.9 Å². The highest BCUT2D eigenvalue weighted by Crippen LogP contribution is 2.25. The van der Waals surface area contributed by atoms with E-state index < -0.39 is 15.9 Å². The van der Waals surface area contributed by atoms with Crippen LogP contribution in [0, 0.1) is 6.92 Å². The van der Waals surface area contributed by atoms with Crippen molar-refractivity contribution in [3.63, 3.8) is 0 Å². The number of carbonyl (C=O) groups is 1. The smallest absolute Gasteiger partial charge is 0.262 e. The fraction of sp³-hybridized carbons (Fsp3) is 0.0833. The third-order valence-electron chi connectivity index (χ3n) is 5.21. The average Bonchev–Trinajstić information content (AvgIpc) is 2.77. The van der Waals surface area contributed by atoms with Gasteiger partial charge >= 0.3 is 0 Å². The lowest BCUT2D eigenvalue weighted by atomic mass is 10.1. The largest absolute Gasteiger partial charge is 0.322 e. The van der Waals surface area contributed by atoms with Gasteiger partial charge < -0.3 is 9.88 Å². The van der Waals surface area contributed by atoms with E-state index in [1.807, 2.05) is 0 Å². The van der Waals surface area contributed by atoms with E-state index in [0.717, 1.165) is 0 Å². The maximum atomic E-state index is 13.0. The Morgan fingerprint density at radius 3 is 2.45 bits per heavy atom. The number of rotatable bonds is 5. The Morgan fingerprint density at radius 1 is 0.939 bits per heavy atom. The van der Waals surface area contributed by atoms with Crippen LogP contribution in [0.4, 0.5) is 11.4 Å². The van der Waals surface area contributed by atoms with E-state index in [0.29, 0.717) is 27.2 Å². The molecule has 2 N–H and O–H groups in total. The fourth-order valence-electron chi connectivity index (χ4n) is 3.53. The van der Waals surface area contributed by atoms with Gasteiger partial charge in [0.1, 0.15) is 0 Å². The fourth-order valence-corrected chi connectivity index (χ4v) is 5.04. The zero-order chi connectivity index (χ0) is 23.8. The summed E-state index contributed by atoms with van der Waals surface area (Å²) in [6, 6.07) is 19.3. The molecule has 0 radical (unpaired) electrons. The van der Waals surface area contributed by atoms with Gasteiger partial charge in [0.15, 0.2) is 0 Å². The summed E-state index contributed by atoms with van der Waals surface area (Å²) in [6.07, 6.45) is 0. The maximum Gasteiger partial charge on any atom is 0.262 e. The van der Waals surface area contributed by atoms with Gasteiger partial charge in [-0.3, -0.25) is 14.3 Å². The second-order valence-corrected chi connectivity index (χ2v) is 9.61. The molecule has 33 heavy (non-hydrogen) atoms. The van der Waals surface area contributed by atoms with Crippen LogP contribution in [-0.2, 0) is 17.1 Å². The molecule has 1 heterocycles. The molecule has 0 bridgehead atoms. The molecule has 0 saturated heterocycles. The lowest BCUT2D eigenvalue weighted by molar-refractivity contribution is 0.102. The number of pyridine rings is 1. The van der Waals surface area contributed by atoms with Crippen LogP contribution in [0.5, 0.6) is 0 Å². The van der Waals surface area contributed by atoms with Gasteiger partial charge in [-0.05, 0) is 48.9 Å². The highest BCUT2D eigenvalue weighted by molar-refractivity contribution is 7.92. The van der Waals surface area contributed by atoms with Gasteiger partial charge in [-0.25, -0.2) is 8.42 Å². The first-order valence-electron chi connectivity index (χ1n) is 9.95. The summed E-state index contributed by atoms with van der Waals surface area (Å²) in [7, 11) is -2.31. The molecule has 0 atom stereocenters. The number of hydrogen-bond donors (Lipinski definition) is 2. The van der Waals surface area contributed by atoms with Crippen LogP contribution in [0.2, 0.25) is 5.02 Å². The van der Waals surface area contributed by atoms with Gasteiger partial charge in [0, 0.05) is 29.2 Å². The Kier molecular flexibility index (Phi) is 5.97. The number of benzene rings is 3. The minimum Gasteiger partial charge on any atom is -0.322 e. The van der Waals surface area contributed by atoms with E-state index in [1.54, 1.807) is 68.6 Å². The predicted molar refractivity (Wildman–Crippen MR) is 131 cm³/mol. The summed E-state index contributed by atoms with van der Waals surface area (Å²) in [4.78, 5) is 25.4. The van der Waals surface area contributed by atoms with Crippen molar-refractivity contribution in [2.75, 3.05) is 10.0 Å². The first-order chi connectivity index (χ1) is 15.7. The number of nitrogens with zero attached hydrogens (tertiary/aromatic N) is 1. The number of para-hydroxylation sites is 1. The van der Waals surface area contributed by atoms with Gasteiger partial charge in [0.2, 0.25) is 0 Å². The number of sulfonamides is 1. The SMILES string of the molecule is Cc1ccc(NC(=O)c2cc(=O)n(C)c3ccccc23)cc1S(=O)(=O)Nc1cccc(Cl)c1. The molecule has 7 nitrogen and oxygen atoms in total. The molecule has 4 rings (SSSR count). The Balaban J connectivity index is 1.68. The molecular weight excluding hydrogens is 462 g/mol. The monoisotopic (exact) mass is 481 g/mol. The first-order valence-corrected chi connectivity index (χ1v) is 11.8. The summed E-state index contributed by atoms with van der Waals surface area (Å²) < 4.78 is 29.9. The van der Waals surface area contributed by atoms with E-state index in [9.17, 15) is 18.0 Å². The number of fused-ring (bicyclic) bond motifs is 1. The minimum atomic E-state index is -3.94. The van der Waals surface area contributed by atoms with Crippen molar-refractivity contribution in [1.29, 1.82) is 0 Å². The summed E-state index contributed by atoms with van der Waals surface area (Å²) in [5.41, 5.74) is 1.60. The van der Waals surface area contributed by atoms with Crippen molar-refractivity contribution in [2.45, 2.75) is 11.8 Å². The third kappa shape index (κ3) is 4.62. The quantitative estimate of drug-likeness (QED) is 0.437. The lowest BCUT2D eigenvalue weighted by Crippen LogP contribution is -2.22. The van der Waals surface area contributed by atoms with Crippen LogP contribution in [0.1, 0.15) is 15.9 Å². The Morgan fingerprint density at radius 2 is 1.70 bits per heavy atom. The molecular formula is C24H20ClN3O4S. The summed E-state index contributed by atoms with van der Waals surface area (Å²) >= 11 is 5.95. The zero-order valence-corrected chi connectivity index (χ0v) is 19.4. The number of anilines is 2. The van der Waals surface area contributed by atoms with E-state index in [1.165, 1.54) is 22.8 Å². The topological polar surface area (TPSA) is 97.3 Å². The second-order valence-electron chi connectivity index (χ2n) is 7.52. The highest BCUT2D eigenvalue weighted by Gasteiger charge is 2.19. The predicted octanol–water partition coefficient (Wildman–Crippen LogP) is 4.55. The lowest BCUT2D eigenvalue weighted by Gasteiger charge is -2.14. The summed E-state index contributed by atoms with van der Waals surface area (Å²) in [5, 5.41) is 3.72. The van der Waals surface area contributed by atoms with Crippen molar-refractivity contribution >= 4 is 49.8 Å². The molecule has 3 aromatic carbocycles. The number of amides is 1. The van der Waals surface area contributed by atoms with Crippen LogP contribution in [0.25, 0.3) is 10.9 Å². The van der Waals surface area contributed by atoms with Crippen molar-refractivity contribution in [1.82, 2.24) is 4.57 Å². The molecule has 1 aromatic heterocycles. The van der Waals surface area contributed by atoms with Crippen molar-refractivity contribution in [3.8, 4) is 0 Å². The number of nitrogens with one attached hydrogen (secondary N) is 2. The second kappa shape index (κ2) is 8.73. The van der Waals surface area contributed by atoms with Crippen molar-refractivity contribution < 1.29 is 13.2 Å². The van der Waals surface area contributed by atoms with Crippen LogP contribution in [0.15, 0.2) is 82.5 Å². The van der Waals surface area contributed by atoms with Crippen LogP contribution in [-0.4, -0.2) is 18.9 Å². The maximum absolute atomic E-state index is 13.0. The van der Waals surface area contributed by atoms with E-state index in [4.69, 9.17) is 11.6 Å². The van der Waals surface area contributed by atoms with Crippen LogP contribution in [0.3, 0.4) is 0 Å². The van der Waals surface area contributed by atoms with Crippen molar-refractivity contribution in [2.24, 2.45) is 7.05 Å². The molecule has 4 aromatic rings. The number of carbonyl (C=O) groups excluding carboxylic acids is 1. The molecule has 0 saturated carbocycles. The van der Waals surface area contributed by atoms with Crippen LogP contribution >= 0.6 is 11.6 Å². The van der Waals surface area contributed by atoms with E-state index >= 15 is 0 Å². The summed E-state index contributed by atoms with van der Waals surface area (Å²) in [5.74, 6) is -0.515. The Bertz CT molecular complexity index is 1560. The number of aromatic nitrogens is 1. The number of hydrogen-bond acceptors (Lipinski definition) is 4. The minimum absolute atomic E-state index is 0.00843. The van der Waals surface area contributed by atoms with Crippen LogP contribution < -0.4 is 15.6 Å². The molecule has 9 heteroatoms. The van der Waals surface area contributed by atoms with Gasteiger partial charge in [0.05, 0.1) is 21.7 Å². The molecule has 0 aliphatic carbocycles. The van der Waals surface area contributed by atoms with Crippen molar-refractivity contribution in [3.05, 3.63) is 99.3 Å². The van der Waals surface area contributed by atoms with E-state index in [2.05, 4.69) is 10.0 Å². The molecule has 0 unspecified atom stereocenters. The molecule has 168 valence electrons. The normalized spacial score (nSPS) is 11.4. The first kappa shape index (κ1) is 22.6. The van der Waals surface area contributed by atoms with E-state index in [-0.39, 0.29) is 21.7 Å². The highest BCUT2D eigenvalue weighted by atomic mass is 35.5. The van der Waals surface area contributed by atoms with Gasteiger partial charge in [-0.2, -0.15) is 0 Å². The molecule has 0 aliphatic heterocycles. The van der Waals surface area contributed by atoms with Gasteiger partial charge in [-0.15, -0.1) is 0 Å². The standard InChI is InChI=1S/C24H20ClN3O4S/c1-15-10-11-17(13-22(15)33(31,32)27-18-7-5-6-16(25)12-18)26-24(30)20-14-23(29)28(2)21-9-4-3-8-19(20)21/h3-14,27H,1-2H3,(H,26,30). The average molecular weight is 482 g/mol. The third-order valence-corrected chi connectivity index (χ3v) is 6.97. The Hall–Kier alpha value is -3.62. The summed E-state index contributed by atoms with van der Waals surface area (Å²) in [6.45, 7) is 1.66. The molecule has 0 fully saturated rings. The molecule has 0 aliphatic rings. The molecule has 1 amide bonds. The van der Waals surface area contributed by atoms with Gasteiger partial charge in [0.25, 0.3) is 21.5 Å². The molecule has 0 spiro atoms. The number of halogens is 1.